The number of carbonyl (C=O) groups is 1. The lowest BCUT2D eigenvalue weighted by Gasteiger charge is -2.25. The zero-order valence-electron chi connectivity index (χ0n) is 25.5. The number of aliphatic imine (C=N–C) groups is 1. The summed E-state index contributed by atoms with van der Waals surface area (Å²) in [5.74, 6) is 1.26. The fourth-order valence-electron chi connectivity index (χ4n) is 6.59. The first kappa shape index (κ1) is 30.8. The average molecular weight is 639 g/mol. The molecule has 0 unspecified atom stereocenters. The van der Waals surface area contributed by atoms with Gasteiger partial charge in [-0.2, -0.15) is 0 Å². The largest absolute Gasteiger partial charge is 0.371 e. The highest BCUT2D eigenvalue weighted by Gasteiger charge is 2.50. The SMILES string of the molecule is CCCCC1=NC2(CCCC2)C(=O)N1Cc1ccc(-c2ccccc2S(=O)(=O)Nc2noc(C)c2Cl)c(C2(OCC)CC2)c1. The smallest absolute Gasteiger partial charge is 0.263 e. The zero-order valence-corrected chi connectivity index (χ0v) is 27.1. The van der Waals surface area contributed by atoms with Gasteiger partial charge in [0.1, 0.15) is 16.4 Å². The number of halogens is 1. The fraction of sp³-hybridized carbons (Fsp3) is 0.485. The highest BCUT2D eigenvalue weighted by Crippen LogP contribution is 2.53. The Morgan fingerprint density at radius 1 is 1.07 bits per heavy atom. The van der Waals surface area contributed by atoms with Gasteiger partial charge in [-0.3, -0.25) is 19.4 Å². The van der Waals surface area contributed by atoms with E-state index in [-0.39, 0.29) is 21.6 Å². The molecule has 0 saturated heterocycles. The maximum Gasteiger partial charge on any atom is 0.263 e. The molecule has 1 aliphatic heterocycles. The number of nitrogens with zero attached hydrogens (tertiary/aromatic N) is 3. The van der Waals surface area contributed by atoms with Crippen LogP contribution in [0.15, 0.2) is 56.9 Å². The number of carbonyl (C=O) groups excluding carboxylic acids is 1. The molecule has 2 aliphatic carbocycles. The molecular weight excluding hydrogens is 600 g/mol. The topological polar surface area (TPSA) is 114 Å². The Morgan fingerprint density at radius 3 is 2.48 bits per heavy atom. The number of hydrogen-bond donors (Lipinski definition) is 1. The van der Waals surface area contributed by atoms with Crippen molar-refractivity contribution in [1.29, 1.82) is 0 Å². The maximum absolute atomic E-state index is 13.8. The van der Waals surface area contributed by atoms with Crippen molar-refractivity contribution in [2.45, 2.75) is 101 Å². The van der Waals surface area contributed by atoms with E-state index >= 15 is 0 Å². The summed E-state index contributed by atoms with van der Waals surface area (Å²) in [6.45, 7) is 6.67. The molecular formula is C33H39ClN4O5S. The van der Waals surface area contributed by atoms with Gasteiger partial charge < -0.3 is 9.26 Å². The zero-order chi connectivity index (χ0) is 31.1. The van der Waals surface area contributed by atoms with E-state index in [2.05, 4.69) is 22.9 Å². The molecule has 0 radical (unpaired) electrons. The Labute approximate surface area is 264 Å². The Morgan fingerprint density at radius 2 is 1.82 bits per heavy atom. The van der Waals surface area contributed by atoms with Gasteiger partial charge in [-0.25, -0.2) is 8.42 Å². The number of unbranched alkanes of at least 4 members (excludes halogenated alkanes) is 1. The lowest BCUT2D eigenvalue weighted by atomic mass is 9.92. The Hall–Kier alpha value is -3.21. The molecule has 2 fully saturated rings. The predicted octanol–water partition coefficient (Wildman–Crippen LogP) is 7.37. The number of ether oxygens (including phenoxy) is 1. The monoisotopic (exact) mass is 638 g/mol. The fourth-order valence-corrected chi connectivity index (χ4v) is 7.99. The molecule has 6 rings (SSSR count). The lowest BCUT2D eigenvalue weighted by molar-refractivity contribution is -0.131. The number of rotatable bonds is 12. The minimum Gasteiger partial charge on any atom is -0.371 e. The predicted molar refractivity (Wildman–Crippen MR) is 170 cm³/mol. The van der Waals surface area contributed by atoms with Gasteiger partial charge in [0.25, 0.3) is 15.9 Å². The van der Waals surface area contributed by atoms with Crippen LogP contribution in [-0.4, -0.2) is 42.4 Å². The summed E-state index contributed by atoms with van der Waals surface area (Å²) in [7, 11) is -4.09. The summed E-state index contributed by atoms with van der Waals surface area (Å²) in [5, 5.41) is 3.89. The molecule has 9 nitrogen and oxygen atoms in total. The molecule has 1 aromatic heterocycles. The van der Waals surface area contributed by atoms with Crippen LogP contribution >= 0.6 is 11.6 Å². The summed E-state index contributed by atoms with van der Waals surface area (Å²) in [4.78, 5) is 20.8. The quantitative estimate of drug-likeness (QED) is 0.221. The van der Waals surface area contributed by atoms with Crippen LogP contribution in [0.5, 0.6) is 0 Å². The van der Waals surface area contributed by atoms with Gasteiger partial charge in [0.15, 0.2) is 5.76 Å². The van der Waals surface area contributed by atoms with Gasteiger partial charge >= 0.3 is 0 Å². The second-order valence-electron chi connectivity index (χ2n) is 12.1. The van der Waals surface area contributed by atoms with Crippen molar-refractivity contribution in [2.24, 2.45) is 4.99 Å². The third-order valence-electron chi connectivity index (χ3n) is 9.01. The van der Waals surface area contributed by atoms with E-state index in [1.807, 2.05) is 30.0 Å². The maximum atomic E-state index is 13.8. The minimum atomic E-state index is -4.09. The van der Waals surface area contributed by atoms with Crippen molar-refractivity contribution < 1.29 is 22.5 Å². The van der Waals surface area contributed by atoms with Crippen molar-refractivity contribution in [2.75, 3.05) is 11.3 Å². The third-order valence-corrected chi connectivity index (χ3v) is 10.9. The highest BCUT2D eigenvalue weighted by molar-refractivity contribution is 7.92. The molecule has 234 valence electrons. The normalized spacial score (nSPS) is 18.7. The van der Waals surface area contributed by atoms with Crippen molar-refractivity contribution in [3.8, 4) is 11.1 Å². The van der Waals surface area contributed by atoms with E-state index in [0.29, 0.717) is 24.5 Å². The number of benzene rings is 2. The lowest BCUT2D eigenvalue weighted by Crippen LogP contribution is -2.40. The van der Waals surface area contributed by atoms with Crippen LogP contribution in [0.3, 0.4) is 0 Å². The first-order chi connectivity index (χ1) is 21.1. The summed E-state index contributed by atoms with van der Waals surface area (Å²) in [5.41, 5.74) is 2.08. The summed E-state index contributed by atoms with van der Waals surface area (Å²) >= 11 is 6.23. The van der Waals surface area contributed by atoms with E-state index in [9.17, 15) is 13.2 Å². The van der Waals surface area contributed by atoms with Crippen LogP contribution in [0.4, 0.5) is 5.82 Å². The Kier molecular flexibility index (Phi) is 8.36. The molecule has 3 aromatic rings. The molecule has 0 atom stereocenters. The number of aromatic nitrogens is 1. The van der Waals surface area contributed by atoms with Gasteiger partial charge in [0.2, 0.25) is 5.82 Å². The van der Waals surface area contributed by atoms with E-state index in [1.165, 1.54) is 0 Å². The number of hydrogen-bond acceptors (Lipinski definition) is 7. The Bertz CT molecular complexity index is 1710. The van der Waals surface area contributed by atoms with Crippen LogP contribution in [0.1, 0.15) is 88.5 Å². The number of amidine groups is 1. The number of aryl methyl sites for hydroxylation is 1. The van der Waals surface area contributed by atoms with Gasteiger partial charge in [0, 0.05) is 18.6 Å². The minimum absolute atomic E-state index is 0.0571. The summed E-state index contributed by atoms with van der Waals surface area (Å²) in [6, 6.07) is 12.9. The van der Waals surface area contributed by atoms with Crippen molar-refractivity contribution in [3.63, 3.8) is 0 Å². The number of anilines is 1. The highest BCUT2D eigenvalue weighted by atomic mass is 35.5. The standard InChI is InChI=1S/C33H39ClN4O5S/c1-4-6-13-28-35-32(16-9-10-17-32)31(39)38(28)21-23-14-15-24(26(20-23)33(18-19-33)42-5-2)25-11-7-8-12-27(25)44(40,41)37-30-29(34)22(3)43-36-30/h7-8,11-12,14-15,20H,4-6,9-10,13,16-19,21H2,1-3H3,(H,36,37). The van der Waals surface area contributed by atoms with E-state index in [0.717, 1.165) is 80.3 Å². The van der Waals surface area contributed by atoms with Crippen LogP contribution < -0.4 is 4.72 Å². The van der Waals surface area contributed by atoms with Crippen LogP contribution in [-0.2, 0) is 31.7 Å². The van der Waals surface area contributed by atoms with Crippen molar-refractivity contribution >= 4 is 39.2 Å². The molecule has 3 aliphatic rings. The van der Waals surface area contributed by atoms with Crippen molar-refractivity contribution in [1.82, 2.24) is 10.1 Å². The molecule has 2 aromatic carbocycles. The van der Waals surface area contributed by atoms with Crippen LogP contribution in [0, 0.1) is 6.92 Å². The molecule has 44 heavy (non-hydrogen) atoms. The Balaban J connectivity index is 1.39. The van der Waals surface area contributed by atoms with E-state index < -0.39 is 21.2 Å². The second kappa shape index (κ2) is 11.9. The average Bonchev–Trinajstić information content (AvgIpc) is 3.42. The van der Waals surface area contributed by atoms with Gasteiger partial charge in [-0.05, 0) is 68.7 Å². The molecule has 1 amide bonds. The second-order valence-corrected chi connectivity index (χ2v) is 14.1. The molecule has 2 heterocycles. The van der Waals surface area contributed by atoms with E-state index in [1.54, 1.807) is 25.1 Å². The number of nitrogens with one attached hydrogen (secondary N) is 1. The molecule has 2 saturated carbocycles. The van der Waals surface area contributed by atoms with Gasteiger partial charge in [-0.15, -0.1) is 0 Å². The molecule has 1 N–H and O–H groups in total. The summed E-state index contributed by atoms with van der Waals surface area (Å²) < 4.78 is 41.3. The number of amides is 1. The van der Waals surface area contributed by atoms with Crippen LogP contribution in [0.2, 0.25) is 5.02 Å². The molecule has 0 bridgehead atoms. The summed E-state index contributed by atoms with van der Waals surface area (Å²) in [6.07, 6.45) is 8.13. The first-order valence-corrected chi connectivity index (χ1v) is 17.4. The third kappa shape index (κ3) is 5.56. The first-order valence-electron chi connectivity index (χ1n) is 15.5. The van der Waals surface area contributed by atoms with Crippen molar-refractivity contribution in [3.05, 3.63) is 64.4 Å². The van der Waals surface area contributed by atoms with E-state index in [4.69, 9.17) is 25.9 Å². The molecule has 11 heteroatoms. The van der Waals surface area contributed by atoms with Gasteiger partial charge in [0.05, 0.1) is 17.0 Å². The van der Waals surface area contributed by atoms with Crippen LogP contribution in [0.25, 0.3) is 11.1 Å². The number of sulfonamides is 1. The van der Waals surface area contributed by atoms with Gasteiger partial charge in [-0.1, -0.05) is 79.3 Å². The molecule has 1 spiro atoms.